The summed E-state index contributed by atoms with van der Waals surface area (Å²) in [4.78, 5) is 0. The second-order valence-corrected chi connectivity index (χ2v) is 6.69. The molecule has 2 aliphatic rings. The van der Waals surface area contributed by atoms with Crippen LogP contribution in [0.3, 0.4) is 0 Å². The van der Waals surface area contributed by atoms with E-state index in [9.17, 15) is 9.67 Å². The number of hydrogen-bond donors (Lipinski definition) is 1. The van der Waals surface area contributed by atoms with Gasteiger partial charge in [0.2, 0.25) is 0 Å². The van der Waals surface area contributed by atoms with Gasteiger partial charge in [0.15, 0.2) is 12.1 Å². The van der Waals surface area contributed by atoms with Crippen LogP contribution < -0.4 is 0 Å². The lowest BCUT2D eigenvalue weighted by atomic mass is 10.1. The van der Waals surface area contributed by atoms with Crippen LogP contribution in [0.1, 0.15) is 27.2 Å². The lowest BCUT2D eigenvalue weighted by molar-refractivity contribution is -0.228. The Balaban J connectivity index is 2.00. The van der Waals surface area contributed by atoms with Crippen LogP contribution in [0.2, 0.25) is 0 Å². The lowest BCUT2D eigenvalue weighted by Crippen LogP contribution is -2.31. The van der Waals surface area contributed by atoms with Crippen LogP contribution in [0.15, 0.2) is 0 Å². The third kappa shape index (κ3) is 3.36. The summed E-state index contributed by atoms with van der Waals surface area (Å²) in [5, 5.41) is 9.89. The molecule has 0 radical (unpaired) electrons. The molecule has 0 aromatic rings. The molecular formula is C12H22O7P+. The third-order valence-electron chi connectivity index (χ3n) is 3.28. The van der Waals surface area contributed by atoms with Crippen LogP contribution in [0.25, 0.3) is 0 Å². The van der Waals surface area contributed by atoms with Gasteiger partial charge in [-0.25, -0.2) is 0 Å². The SMILES string of the molecule is CCO[P+](=O)C(O)C[C@H]1O[C@@H](OC)[C@@H]2OC(C)(C)O[C@@H]21. The molecule has 0 aromatic carbocycles. The van der Waals surface area contributed by atoms with E-state index in [1.165, 1.54) is 7.11 Å². The van der Waals surface area contributed by atoms with Gasteiger partial charge in [0.25, 0.3) is 5.85 Å². The summed E-state index contributed by atoms with van der Waals surface area (Å²) < 4.78 is 38.9. The Bertz CT molecular complexity index is 362. The standard InChI is InChI=1S/C12H22O7P/c1-5-16-20(14)8(13)6-7-9-10(11(15-4)17-7)19-12(2,3)18-9/h7-11,13H,5-6H2,1-4H3/q+1/t7-,8?,9-,10-,11-/m1/s1. The van der Waals surface area contributed by atoms with Gasteiger partial charge in [0.05, 0.1) is 19.1 Å². The summed E-state index contributed by atoms with van der Waals surface area (Å²) in [5.74, 6) is -1.82. The van der Waals surface area contributed by atoms with Crippen molar-refractivity contribution in [1.29, 1.82) is 0 Å². The first kappa shape index (κ1) is 16.2. The first-order chi connectivity index (χ1) is 9.38. The molecular weight excluding hydrogens is 287 g/mol. The third-order valence-corrected chi connectivity index (χ3v) is 4.49. The van der Waals surface area contributed by atoms with E-state index in [2.05, 4.69) is 0 Å². The molecule has 0 saturated carbocycles. The Kier molecular flexibility index (Phi) is 5.13. The quantitative estimate of drug-likeness (QED) is 0.742. The van der Waals surface area contributed by atoms with Crippen molar-refractivity contribution in [3.8, 4) is 0 Å². The van der Waals surface area contributed by atoms with Gasteiger partial charge in [0.1, 0.15) is 12.2 Å². The van der Waals surface area contributed by atoms with Crippen LogP contribution in [0.5, 0.6) is 0 Å². The smallest absolute Gasteiger partial charge is 0.353 e. The molecule has 1 N–H and O–H groups in total. The summed E-state index contributed by atoms with van der Waals surface area (Å²) in [6.45, 7) is 5.63. The fourth-order valence-electron chi connectivity index (χ4n) is 2.53. The molecule has 6 atom stereocenters. The molecule has 2 saturated heterocycles. The molecule has 2 fully saturated rings. The van der Waals surface area contributed by atoms with Gasteiger partial charge in [-0.1, -0.05) is 0 Å². The van der Waals surface area contributed by atoms with Crippen molar-refractivity contribution in [2.75, 3.05) is 13.7 Å². The molecule has 0 bridgehead atoms. The van der Waals surface area contributed by atoms with E-state index in [-0.39, 0.29) is 25.2 Å². The maximum Gasteiger partial charge on any atom is 0.540 e. The Morgan fingerprint density at radius 3 is 2.60 bits per heavy atom. The van der Waals surface area contributed by atoms with Crippen LogP contribution in [0, 0.1) is 0 Å². The highest BCUT2D eigenvalue weighted by Gasteiger charge is 2.56. The summed E-state index contributed by atoms with van der Waals surface area (Å²) >= 11 is 0. The molecule has 2 heterocycles. The predicted octanol–water partition coefficient (Wildman–Crippen LogP) is 1.37. The second-order valence-electron chi connectivity index (χ2n) is 5.26. The van der Waals surface area contributed by atoms with E-state index < -0.39 is 32.1 Å². The second kappa shape index (κ2) is 6.32. The van der Waals surface area contributed by atoms with E-state index in [0.717, 1.165) is 0 Å². The van der Waals surface area contributed by atoms with Crippen molar-refractivity contribution in [3.05, 3.63) is 0 Å². The fourth-order valence-corrected chi connectivity index (χ4v) is 3.34. The Hall–Kier alpha value is -0.140. The molecule has 0 aliphatic carbocycles. The zero-order valence-corrected chi connectivity index (χ0v) is 13.0. The lowest BCUT2D eigenvalue weighted by Gasteiger charge is -2.23. The highest BCUT2D eigenvalue weighted by atomic mass is 31.1. The maximum atomic E-state index is 11.6. The topological polar surface area (TPSA) is 83.5 Å². The van der Waals surface area contributed by atoms with Crippen LogP contribution >= 0.6 is 8.03 Å². The largest absolute Gasteiger partial charge is 0.540 e. The Labute approximate surface area is 119 Å². The molecule has 2 rings (SSSR count). The van der Waals surface area contributed by atoms with E-state index in [4.69, 9.17) is 23.5 Å². The molecule has 0 spiro atoms. The van der Waals surface area contributed by atoms with Gasteiger partial charge in [-0.2, -0.15) is 0 Å². The van der Waals surface area contributed by atoms with E-state index in [1.54, 1.807) is 6.92 Å². The minimum Gasteiger partial charge on any atom is -0.353 e. The zero-order chi connectivity index (χ0) is 14.9. The predicted molar refractivity (Wildman–Crippen MR) is 69.4 cm³/mol. The molecule has 116 valence electrons. The molecule has 20 heavy (non-hydrogen) atoms. The van der Waals surface area contributed by atoms with Crippen LogP contribution in [-0.4, -0.2) is 55.1 Å². The summed E-state index contributed by atoms with van der Waals surface area (Å²) in [6.07, 6.45) is -1.55. The van der Waals surface area contributed by atoms with Crippen molar-refractivity contribution in [1.82, 2.24) is 0 Å². The fraction of sp³-hybridized carbons (Fsp3) is 1.00. The van der Waals surface area contributed by atoms with Crippen LogP contribution in [-0.2, 0) is 28.0 Å². The normalized spacial score (nSPS) is 37.8. The number of fused-ring (bicyclic) bond motifs is 1. The molecule has 0 aromatic heterocycles. The monoisotopic (exact) mass is 309 g/mol. The zero-order valence-electron chi connectivity index (χ0n) is 12.1. The van der Waals surface area contributed by atoms with E-state index >= 15 is 0 Å². The average molecular weight is 309 g/mol. The first-order valence-corrected chi connectivity index (χ1v) is 7.94. The first-order valence-electron chi connectivity index (χ1n) is 6.69. The van der Waals surface area contributed by atoms with E-state index in [0.29, 0.717) is 0 Å². The van der Waals surface area contributed by atoms with Crippen molar-refractivity contribution in [3.63, 3.8) is 0 Å². The minimum atomic E-state index is -2.13. The van der Waals surface area contributed by atoms with Crippen molar-refractivity contribution in [2.24, 2.45) is 0 Å². The van der Waals surface area contributed by atoms with Crippen molar-refractivity contribution >= 4 is 8.03 Å². The Morgan fingerprint density at radius 1 is 1.35 bits per heavy atom. The maximum absolute atomic E-state index is 11.6. The van der Waals surface area contributed by atoms with Gasteiger partial charge in [-0.05, 0) is 25.3 Å². The van der Waals surface area contributed by atoms with Crippen molar-refractivity contribution < 1.29 is 33.1 Å². The highest BCUT2D eigenvalue weighted by molar-refractivity contribution is 7.39. The number of aliphatic hydroxyl groups excluding tert-OH is 1. The number of ether oxygens (including phenoxy) is 4. The van der Waals surface area contributed by atoms with Gasteiger partial charge < -0.3 is 24.1 Å². The molecule has 8 heteroatoms. The molecule has 7 nitrogen and oxygen atoms in total. The molecule has 0 amide bonds. The number of hydrogen-bond acceptors (Lipinski definition) is 7. The summed E-state index contributed by atoms with van der Waals surface area (Å²) in [5.41, 5.74) is 0. The Morgan fingerprint density at radius 2 is 2.00 bits per heavy atom. The van der Waals surface area contributed by atoms with Gasteiger partial charge in [-0.3, -0.25) is 0 Å². The summed E-state index contributed by atoms with van der Waals surface area (Å²) in [6, 6.07) is 0. The van der Waals surface area contributed by atoms with E-state index in [1.807, 2.05) is 13.8 Å². The molecule has 2 unspecified atom stereocenters. The number of rotatable bonds is 6. The van der Waals surface area contributed by atoms with Crippen molar-refractivity contribution in [2.45, 2.75) is 63.4 Å². The van der Waals surface area contributed by atoms with Gasteiger partial charge >= 0.3 is 8.03 Å². The summed E-state index contributed by atoms with van der Waals surface area (Å²) in [7, 11) is -0.606. The number of aliphatic hydroxyl groups is 1. The highest BCUT2D eigenvalue weighted by Crippen LogP contribution is 2.42. The van der Waals surface area contributed by atoms with Crippen LogP contribution in [0.4, 0.5) is 0 Å². The molecule has 2 aliphatic heterocycles. The number of methoxy groups -OCH3 is 1. The minimum absolute atomic E-state index is 0.148. The van der Waals surface area contributed by atoms with Gasteiger partial charge in [-0.15, -0.1) is 4.52 Å². The van der Waals surface area contributed by atoms with Gasteiger partial charge in [0, 0.05) is 7.11 Å². The average Bonchev–Trinajstić information content (AvgIpc) is 2.84.